The van der Waals surface area contributed by atoms with Crippen molar-refractivity contribution in [3.8, 4) is 0 Å². The lowest BCUT2D eigenvalue weighted by Crippen LogP contribution is -2.62. The summed E-state index contributed by atoms with van der Waals surface area (Å²) in [4.78, 5) is 38.5. The molecule has 0 radical (unpaired) electrons. The summed E-state index contributed by atoms with van der Waals surface area (Å²) >= 11 is 0. The lowest BCUT2D eigenvalue weighted by atomic mass is 9.70. The molecule has 14 heteroatoms. The monoisotopic (exact) mass is 834 g/mol. The van der Waals surface area contributed by atoms with E-state index in [1.165, 1.54) is 20.1 Å². The second-order valence-corrected chi connectivity index (χ2v) is 18.0. The first-order valence-corrected chi connectivity index (χ1v) is 21.3. The SMILES string of the molecule is C=C1C[C@H]2C[C@]3(O)O[C@H](C[C@@H](O)CC(=C)OC(CO)C[C@@H]4C/C(=C\C(=O)OC)[C@H](OC(=O)CCCCCCC)[C@@](O)(O4)C(C)(C)/C=C/[C@@H](C1)O2)C[C@H](OC(C)=O)C3(C)C. The van der Waals surface area contributed by atoms with Gasteiger partial charge in [-0.25, -0.2) is 4.79 Å². The smallest absolute Gasteiger partial charge is 0.330 e. The van der Waals surface area contributed by atoms with Crippen LogP contribution in [0.5, 0.6) is 0 Å². The van der Waals surface area contributed by atoms with Gasteiger partial charge in [0.05, 0.1) is 55.4 Å². The Balaban J connectivity index is 1.77. The lowest BCUT2D eigenvalue weighted by molar-refractivity contribution is -0.348. The van der Waals surface area contributed by atoms with Gasteiger partial charge in [0.2, 0.25) is 5.79 Å². The molecule has 0 spiro atoms. The zero-order valence-corrected chi connectivity index (χ0v) is 36.2. The number of ether oxygens (including phenoxy) is 7. The molecule has 0 saturated carbocycles. The van der Waals surface area contributed by atoms with E-state index in [2.05, 4.69) is 20.1 Å². The maximum Gasteiger partial charge on any atom is 0.330 e. The van der Waals surface area contributed by atoms with E-state index in [-0.39, 0.29) is 56.3 Å². The molecule has 6 bridgehead atoms. The van der Waals surface area contributed by atoms with E-state index in [0.29, 0.717) is 19.3 Å². The van der Waals surface area contributed by atoms with Crippen LogP contribution in [0.2, 0.25) is 0 Å². The quantitative estimate of drug-likeness (QED) is 0.0679. The Hall–Kier alpha value is -3.11. The Labute approximate surface area is 349 Å². The summed E-state index contributed by atoms with van der Waals surface area (Å²) in [6.45, 7) is 18.2. The maximum absolute atomic E-state index is 13.4. The molecule has 4 heterocycles. The third-order valence-corrected chi connectivity index (χ3v) is 12.3. The van der Waals surface area contributed by atoms with Gasteiger partial charge in [-0.3, -0.25) is 9.59 Å². The molecule has 0 aromatic heterocycles. The van der Waals surface area contributed by atoms with Crippen LogP contribution >= 0.6 is 0 Å². The Kier molecular flexibility index (Phi) is 17.0. The molecule has 59 heavy (non-hydrogen) atoms. The van der Waals surface area contributed by atoms with Crippen LogP contribution in [0.4, 0.5) is 0 Å². The largest absolute Gasteiger partial charge is 0.493 e. The van der Waals surface area contributed by atoms with E-state index < -0.39 is 95.8 Å². The van der Waals surface area contributed by atoms with Crippen molar-refractivity contribution in [3.05, 3.63) is 48.3 Å². The third kappa shape index (κ3) is 12.5. The van der Waals surface area contributed by atoms with Crippen LogP contribution < -0.4 is 0 Å². The minimum atomic E-state index is -2.26. The Morgan fingerprint density at radius 1 is 0.915 bits per heavy atom. The van der Waals surface area contributed by atoms with Gasteiger partial charge in [0.1, 0.15) is 12.2 Å². The van der Waals surface area contributed by atoms with E-state index >= 15 is 0 Å². The van der Waals surface area contributed by atoms with Crippen molar-refractivity contribution in [1.29, 1.82) is 0 Å². The summed E-state index contributed by atoms with van der Waals surface area (Å²) in [6, 6.07) is 0. The number of unbranched alkanes of at least 4 members (excludes halogenated alkanes) is 4. The van der Waals surface area contributed by atoms with Gasteiger partial charge in [-0.05, 0) is 31.3 Å². The Morgan fingerprint density at radius 2 is 1.63 bits per heavy atom. The number of methoxy groups -OCH3 is 1. The fourth-order valence-corrected chi connectivity index (χ4v) is 8.70. The number of aliphatic hydroxyl groups excluding tert-OH is 2. The van der Waals surface area contributed by atoms with Crippen LogP contribution in [0.15, 0.2) is 48.3 Å². The molecule has 4 aliphatic rings. The van der Waals surface area contributed by atoms with Crippen molar-refractivity contribution >= 4 is 17.9 Å². The van der Waals surface area contributed by atoms with E-state index in [1.54, 1.807) is 39.8 Å². The van der Waals surface area contributed by atoms with Gasteiger partial charge in [0.25, 0.3) is 0 Å². The molecule has 1 unspecified atom stereocenters. The lowest BCUT2D eigenvalue weighted by Gasteiger charge is -2.53. The molecule has 0 aromatic rings. The minimum Gasteiger partial charge on any atom is -0.493 e. The van der Waals surface area contributed by atoms with Gasteiger partial charge in [0, 0.05) is 56.9 Å². The van der Waals surface area contributed by atoms with Crippen molar-refractivity contribution in [3.63, 3.8) is 0 Å². The molecule has 4 N–H and O–H groups in total. The van der Waals surface area contributed by atoms with Crippen LogP contribution in [0.1, 0.15) is 131 Å². The van der Waals surface area contributed by atoms with E-state index in [1.807, 2.05) is 0 Å². The summed E-state index contributed by atoms with van der Waals surface area (Å²) in [5.41, 5.74) is -1.30. The predicted octanol–water partition coefficient (Wildman–Crippen LogP) is 5.78. The molecule has 4 rings (SSSR count). The number of carbonyl (C=O) groups is 3. The third-order valence-electron chi connectivity index (χ3n) is 12.3. The fourth-order valence-electron chi connectivity index (χ4n) is 8.70. The average Bonchev–Trinajstić information content (AvgIpc) is 3.13. The number of hydrogen-bond donors (Lipinski definition) is 4. The molecule has 3 saturated heterocycles. The van der Waals surface area contributed by atoms with Crippen LogP contribution in [-0.4, -0.2) is 112 Å². The standard InChI is InChI=1S/C45H70O14/c1-10-11-12-13-14-15-39(49)57-41-31(22-40(50)53-9)21-34-24-37(27-46)54-29(3)20-32(48)23-35-25-38(55-30(4)47)43(7,8)44(51,58-35)26-36-19-28(2)18-33(56-36)16-17-42(5,6)45(41,52)59-34/h16-17,22,32-38,41,46,48,51-52H,2-3,10-15,18-21,23-27H2,1,4-9H3/b17-16+,31-22+/t32-,33-,34-,35+,36-,37?,38-,41-,44-,45+/m0/s1. The topological polar surface area (TPSA) is 197 Å². The Bertz CT molecular complexity index is 1550. The van der Waals surface area contributed by atoms with Gasteiger partial charge in [-0.1, -0.05) is 91.2 Å². The summed E-state index contributed by atoms with van der Waals surface area (Å²) < 4.78 is 42.4. The molecular formula is C45H70O14. The zero-order valence-electron chi connectivity index (χ0n) is 36.2. The molecule has 334 valence electrons. The first-order chi connectivity index (χ1) is 27.6. The fraction of sp³-hybridized carbons (Fsp3) is 0.756. The number of hydrogen-bond acceptors (Lipinski definition) is 14. The number of esters is 3. The second kappa shape index (κ2) is 20.6. The number of fused-ring (bicyclic) bond motifs is 6. The van der Waals surface area contributed by atoms with Gasteiger partial charge in [-0.2, -0.15) is 0 Å². The first kappa shape index (κ1) is 48.6. The normalized spacial score (nSPS) is 36.4. The predicted molar refractivity (Wildman–Crippen MR) is 217 cm³/mol. The number of carbonyl (C=O) groups excluding carboxylic acids is 3. The van der Waals surface area contributed by atoms with Gasteiger partial charge >= 0.3 is 17.9 Å². The Morgan fingerprint density at radius 3 is 2.29 bits per heavy atom. The zero-order chi connectivity index (χ0) is 43.8. The van der Waals surface area contributed by atoms with Gasteiger partial charge in [0.15, 0.2) is 11.9 Å². The van der Waals surface area contributed by atoms with Crippen molar-refractivity contribution in [2.75, 3.05) is 13.7 Å². The van der Waals surface area contributed by atoms with Crippen molar-refractivity contribution in [1.82, 2.24) is 0 Å². The van der Waals surface area contributed by atoms with Crippen molar-refractivity contribution in [2.24, 2.45) is 10.8 Å². The highest BCUT2D eigenvalue weighted by atomic mass is 16.7. The molecule has 14 nitrogen and oxygen atoms in total. The highest BCUT2D eigenvalue weighted by Gasteiger charge is 2.59. The molecule has 10 atom stereocenters. The van der Waals surface area contributed by atoms with Gasteiger partial charge in [-0.15, -0.1) is 0 Å². The summed E-state index contributed by atoms with van der Waals surface area (Å²) in [6.07, 6.45) is 3.47. The highest BCUT2D eigenvalue weighted by Crippen LogP contribution is 2.50. The second-order valence-electron chi connectivity index (χ2n) is 18.0. The molecular weight excluding hydrogens is 764 g/mol. The molecule has 0 aromatic carbocycles. The van der Waals surface area contributed by atoms with Crippen molar-refractivity contribution in [2.45, 2.75) is 192 Å². The molecule has 3 fully saturated rings. The number of rotatable bonds is 10. The van der Waals surface area contributed by atoms with E-state index in [4.69, 9.17) is 33.2 Å². The van der Waals surface area contributed by atoms with Crippen LogP contribution in [0.3, 0.4) is 0 Å². The molecule has 0 amide bonds. The van der Waals surface area contributed by atoms with Crippen LogP contribution in [-0.2, 0) is 47.5 Å². The summed E-state index contributed by atoms with van der Waals surface area (Å²) in [5.74, 6) is -5.76. The van der Waals surface area contributed by atoms with Crippen LogP contribution in [0.25, 0.3) is 0 Å². The van der Waals surface area contributed by atoms with E-state index in [0.717, 1.165) is 31.3 Å². The maximum atomic E-state index is 13.4. The molecule has 4 aliphatic heterocycles. The average molecular weight is 835 g/mol. The highest BCUT2D eigenvalue weighted by molar-refractivity contribution is 5.83. The number of aliphatic hydroxyl groups is 4. The molecule has 0 aliphatic carbocycles. The van der Waals surface area contributed by atoms with E-state index in [9.17, 15) is 34.8 Å². The van der Waals surface area contributed by atoms with Gasteiger partial charge < -0.3 is 53.6 Å². The summed E-state index contributed by atoms with van der Waals surface area (Å²) in [7, 11) is 1.23. The summed E-state index contributed by atoms with van der Waals surface area (Å²) in [5, 5.41) is 47.0. The minimum absolute atomic E-state index is 0.00941. The van der Waals surface area contributed by atoms with Crippen LogP contribution in [0, 0.1) is 10.8 Å². The first-order valence-electron chi connectivity index (χ1n) is 21.3. The van der Waals surface area contributed by atoms with Crippen molar-refractivity contribution < 1.29 is 68.0 Å².